The van der Waals surface area contributed by atoms with Crippen LogP contribution in [0.5, 0.6) is 0 Å². The molecule has 0 unspecified atom stereocenters. The van der Waals surface area contributed by atoms with Gasteiger partial charge in [0, 0.05) is 38.6 Å². The molecule has 25 heavy (non-hydrogen) atoms. The Hall–Kier alpha value is -1.85. The molecule has 1 aliphatic heterocycles. The van der Waals surface area contributed by atoms with E-state index in [4.69, 9.17) is 0 Å². The van der Waals surface area contributed by atoms with Crippen LogP contribution in [0.4, 0.5) is 5.69 Å². The first-order valence-electron chi connectivity index (χ1n) is 9.31. The highest BCUT2D eigenvalue weighted by molar-refractivity contribution is 5.54. The number of nitrogens with one attached hydrogen (secondary N) is 1. The summed E-state index contributed by atoms with van der Waals surface area (Å²) in [5.74, 6) is 0. The smallest absolute Gasteiger partial charge is 0.0522 e. The van der Waals surface area contributed by atoms with E-state index in [9.17, 15) is 0 Å². The summed E-state index contributed by atoms with van der Waals surface area (Å²) < 4.78 is 1.86. The number of piperidine rings is 1. The first-order chi connectivity index (χ1) is 12.1. The van der Waals surface area contributed by atoms with Gasteiger partial charge in [0.1, 0.15) is 0 Å². The highest BCUT2D eigenvalue weighted by Gasteiger charge is 2.21. The van der Waals surface area contributed by atoms with Crippen LogP contribution < -0.4 is 10.2 Å². The van der Waals surface area contributed by atoms with Crippen molar-refractivity contribution in [3.05, 3.63) is 47.8 Å². The fourth-order valence-corrected chi connectivity index (χ4v) is 3.64. The predicted molar refractivity (Wildman–Crippen MR) is 104 cm³/mol. The lowest BCUT2D eigenvalue weighted by Gasteiger charge is -2.37. The largest absolute Gasteiger partial charge is 0.371 e. The van der Waals surface area contributed by atoms with Crippen LogP contribution in [0.25, 0.3) is 0 Å². The Bertz CT molecular complexity index is 658. The predicted octanol–water partition coefficient (Wildman–Crippen LogP) is 2.28. The number of benzene rings is 1. The van der Waals surface area contributed by atoms with Gasteiger partial charge in [-0.1, -0.05) is 18.2 Å². The fourth-order valence-electron chi connectivity index (χ4n) is 3.64. The van der Waals surface area contributed by atoms with Crippen molar-refractivity contribution in [1.82, 2.24) is 20.0 Å². The summed E-state index contributed by atoms with van der Waals surface area (Å²) in [6, 6.07) is 9.45. The summed E-state index contributed by atoms with van der Waals surface area (Å²) in [7, 11) is 6.44. The molecule has 1 fully saturated rings. The van der Waals surface area contributed by atoms with Crippen LogP contribution in [-0.4, -0.2) is 54.5 Å². The first kappa shape index (κ1) is 18.0. The lowest BCUT2D eigenvalue weighted by atomic mass is 10.0. The normalized spacial score (nSPS) is 16.3. The molecule has 0 amide bonds. The van der Waals surface area contributed by atoms with Gasteiger partial charge in [0.05, 0.1) is 6.20 Å². The van der Waals surface area contributed by atoms with E-state index >= 15 is 0 Å². The molecular weight excluding hydrogens is 310 g/mol. The maximum Gasteiger partial charge on any atom is 0.0522 e. The summed E-state index contributed by atoms with van der Waals surface area (Å²) in [4.78, 5) is 4.92. The maximum atomic E-state index is 4.23. The molecule has 1 aromatic carbocycles. The number of rotatable bonds is 7. The van der Waals surface area contributed by atoms with Crippen LogP contribution >= 0.6 is 0 Å². The van der Waals surface area contributed by atoms with Crippen LogP contribution in [0.1, 0.15) is 24.0 Å². The van der Waals surface area contributed by atoms with Crippen molar-refractivity contribution in [1.29, 1.82) is 0 Å². The van der Waals surface area contributed by atoms with Gasteiger partial charge in [-0.15, -0.1) is 0 Å². The molecule has 3 rings (SSSR count). The molecule has 0 saturated carbocycles. The first-order valence-corrected chi connectivity index (χ1v) is 9.31. The Morgan fingerprint density at radius 1 is 1.20 bits per heavy atom. The second-order valence-electron chi connectivity index (χ2n) is 7.22. The second-order valence-corrected chi connectivity index (χ2v) is 7.22. The molecule has 136 valence electrons. The van der Waals surface area contributed by atoms with Crippen molar-refractivity contribution >= 4 is 5.69 Å². The lowest BCUT2D eigenvalue weighted by Crippen LogP contribution is -2.42. The third-order valence-corrected chi connectivity index (χ3v) is 5.27. The summed E-state index contributed by atoms with van der Waals surface area (Å²) in [6.45, 7) is 4.27. The number of hydrogen-bond acceptors (Lipinski definition) is 4. The Labute approximate surface area is 151 Å². The summed E-state index contributed by atoms with van der Waals surface area (Å²) in [5.41, 5.74) is 4.03. The molecule has 1 aromatic heterocycles. The maximum absolute atomic E-state index is 4.23. The number of hydrogen-bond donors (Lipinski definition) is 1. The van der Waals surface area contributed by atoms with Crippen molar-refractivity contribution in [2.24, 2.45) is 7.05 Å². The molecule has 0 radical (unpaired) electrons. The number of aryl methyl sites for hydroxylation is 1. The molecule has 0 spiro atoms. The van der Waals surface area contributed by atoms with Gasteiger partial charge in [0.25, 0.3) is 0 Å². The molecular formula is C20H31N5. The minimum absolute atomic E-state index is 0.646. The van der Waals surface area contributed by atoms with E-state index in [1.807, 2.05) is 17.9 Å². The quantitative estimate of drug-likeness (QED) is 0.784. The lowest BCUT2D eigenvalue weighted by molar-refractivity contribution is 0.252. The summed E-state index contributed by atoms with van der Waals surface area (Å²) in [5, 5.41) is 7.82. The molecule has 1 N–H and O–H groups in total. The molecule has 0 bridgehead atoms. The third-order valence-electron chi connectivity index (χ3n) is 5.27. The number of nitrogens with zero attached hydrogens (tertiary/aromatic N) is 4. The molecule has 2 heterocycles. The minimum atomic E-state index is 0.646. The van der Waals surface area contributed by atoms with Crippen LogP contribution in [0.2, 0.25) is 0 Å². The Morgan fingerprint density at radius 2 is 1.96 bits per heavy atom. The zero-order valence-electron chi connectivity index (χ0n) is 15.8. The highest BCUT2D eigenvalue weighted by atomic mass is 15.2. The molecule has 1 aliphatic rings. The van der Waals surface area contributed by atoms with Crippen molar-refractivity contribution in [2.75, 3.05) is 38.6 Å². The molecule has 5 heteroatoms. The second kappa shape index (κ2) is 8.50. The molecule has 0 atom stereocenters. The van der Waals surface area contributed by atoms with Gasteiger partial charge < -0.3 is 15.1 Å². The third kappa shape index (κ3) is 4.83. The van der Waals surface area contributed by atoms with E-state index in [1.54, 1.807) is 0 Å². The Balaban J connectivity index is 1.55. The van der Waals surface area contributed by atoms with Gasteiger partial charge in [-0.05, 0) is 63.1 Å². The Morgan fingerprint density at radius 3 is 2.68 bits per heavy atom. The Kier molecular flexibility index (Phi) is 6.10. The van der Waals surface area contributed by atoms with E-state index in [0.717, 1.165) is 19.5 Å². The van der Waals surface area contributed by atoms with Crippen molar-refractivity contribution in [2.45, 2.75) is 31.8 Å². The van der Waals surface area contributed by atoms with Gasteiger partial charge in [-0.3, -0.25) is 4.68 Å². The number of para-hydroxylation sites is 1. The molecule has 0 aliphatic carbocycles. The summed E-state index contributed by atoms with van der Waals surface area (Å²) in [6.07, 6.45) is 7.54. The van der Waals surface area contributed by atoms with E-state index in [0.29, 0.717) is 6.04 Å². The van der Waals surface area contributed by atoms with Crippen molar-refractivity contribution in [3.63, 3.8) is 0 Å². The number of likely N-dealkylation sites (tertiary alicyclic amines) is 1. The van der Waals surface area contributed by atoms with Gasteiger partial charge in [-0.25, -0.2) is 0 Å². The van der Waals surface area contributed by atoms with Gasteiger partial charge in [0.2, 0.25) is 0 Å². The van der Waals surface area contributed by atoms with Crippen LogP contribution in [0.15, 0.2) is 36.7 Å². The molecule has 1 saturated heterocycles. The average Bonchev–Trinajstić information content (AvgIpc) is 3.04. The van der Waals surface area contributed by atoms with Crippen molar-refractivity contribution < 1.29 is 0 Å². The minimum Gasteiger partial charge on any atom is -0.371 e. The summed E-state index contributed by atoms with van der Waals surface area (Å²) >= 11 is 0. The van der Waals surface area contributed by atoms with Gasteiger partial charge in [-0.2, -0.15) is 5.10 Å². The zero-order chi connectivity index (χ0) is 17.6. The van der Waals surface area contributed by atoms with Crippen LogP contribution in [0, 0.1) is 0 Å². The monoisotopic (exact) mass is 341 g/mol. The van der Waals surface area contributed by atoms with E-state index < -0.39 is 0 Å². The van der Waals surface area contributed by atoms with E-state index in [1.165, 1.54) is 42.7 Å². The molecule has 2 aromatic rings. The topological polar surface area (TPSA) is 36.3 Å². The fraction of sp³-hybridized carbons (Fsp3) is 0.550. The van der Waals surface area contributed by atoms with Crippen molar-refractivity contribution in [3.8, 4) is 0 Å². The van der Waals surface area contributed by atoms with Gasteiger partial charge >= 0.3 is 0 Å². The number of anilines is 1. The molecule has 5 nitrogen and oxygen atoms in total. The van der Waals surface area contributed by atoms with E-state index in [2.05, 4.69) is 64.8 Å². The van der Waals surface area contributed by atoms with E-state index in [-0.39, 0.29) is 0 Å². The average molecular weight is 342 g/mol. The zero-order valence-corrected chi connectivity index (χ0v) is 15.8. The van der Waals surface area contributed by atoms with Gasteiger partial charge in [0.15, 0.2) is 0 Å². The van der Waals surface area contributed by atoms with Crippen LogP contribution in [-0.2, 0) is 20.0 Å². The number of aromatic nitrogens is 2. The highest BCUT2D eigenvalue weighted by Crippen LogP contribution is 2.25. The standard InChI is InChI=1S/C20H31N5/c1-23-12-9-19(10-13-23)25(3)20-7-5-4-6-18(20)15-21-11-8-17-14-22-24(2)16-17/h4-7,14,16,19,21H,8-13,15H2,1-3H3. The SMILES string of the molecule is CN1CCC(N(C)c2ccccc2CNCCc2cnn(C)c2)CC1. The van der Waals surface area contributed by atoms with Crippen LogP contribution in [0.3, 0.4) is 0 Å².